The third-order valence-corrected chi connectivity index (χ3v) is 3.67. The highest BCUT2D eigenvalue weighted by molar-refractivity contribution is 6.33. The first-order valence-corrected chi connectivity index (χ1v) is 7.20. The van der Waals surface area contributed by atoms with Crippen molar-refractivity contribution in [1.29, 1.82) is 0 Å². The predicted molar refractivity (Wildman–Crippen MR) is 86.3 cm³/mol. The van der Waals surface area contributed by atoms with Crippen LogP contribution in [0.2, 0.25) is 5.02 Å². The van der Waals surface area contributed by atoms with Gasteiger partial charge in [0.05, 0.1) is 10.6 Å². The van der Waals surface area contributed by atoms with Gasteiger partial charge in [-0.25, -0.2) is 4.79 Å². The summed E-state index contributed by atoms with van der Waals surface area (Å²) in [5.41, 5.74) is 3.30. The van der Waals surface area contributed by atoms with E-state index in [0.29, 0.717) is 12.5 Å². The van der Waals surface area contributed by atoms with Crippen molar-refractivity contribution in [3.05, 3.63) is 64.2 Å². The first-order chi connectivity index (χ1) is 9.97. The van der Waals surface area contributed by atoms with Gasteiger partial charge < -0.3 is 10.4 Å². The van der Waals surface area contributed by atoms with Gasteiger partial charge in [-0.1, -0.05) is 49.7 Å². The fourth-order valence-electron chi connectivity index (χ4n) is 2.02. The van der Waals surface area contributed by atoms with E-state index in [1.165, 1.54) is 5.56 Å². The lowest BCUT2D eigenvalue weighted by Gasteiger charge is -2.10. The smallest absolute Gasteiger partial charge is 0.337 e. The number of anilines is 1. The van der Waals surface area contributed by atoms with Crippen LogP contribution < -0.4 is 5.32 Å². The van der Waals surface area contributed by atoms with Crippen molar-refractivity contribution < 1.29 is 9.90 Å². The molecule has 0 saturated heterocycles. The maximum atomic E-state index is 11.0. The first kappa shape index (κ1) is 15.4. The van der Waals surface area contributed by atoms with Crippen LogP contribution in [0.15, 0.2) is 42.5 Å². The lowest BCUT2D eigenvalue weighted by atomic mass is 10.0. The summed E-state index contributed by atoms with van der Waals surface area (Å²) in [6.07, 6.45) is 0. The second-order valence-corrected chi connectivity index (χ2v) is 5.66. The zero-order valence-electron chi connectivity index (χ0n) is 12.1. The summed E-state index contributed by atoms with van der Waals surface area (Å²) in [4.78, 5) is 11.0. The Balaban J connectivity index is 2.06. The quantitative estimate of drug-likeness (QED) is 0.836. The monoisotopic (exact) mass is 303 g/mol. The Bertz CT molecular complexity index is 636. The van der Waals surface area contributed by atoms with Crippen LogP contribution in [0.3, 0.4) is 0 Å². The lowest BCUT2D eigenvalue weighted by Crippen LogP contribution is -2.03. The fourth-order valence-corrected chi connectivity index (χ4v) is 2.22. The predicted octanol–water partition coefficient (Wildman–Crippen LogP) is 4.77. The van der Waals surface area contributed by atoms with Gasteiger partial charge in [-0.2, -0.15) is 0 Å². The number of hydrogen-bond donors (Lipinski definition) is 2. The van der Waals surface area contributed by atoms with Gasteiger partial charge >= 0.3 is 5.97 Å². The summed E-state index contributed by atoms with van der Waals surface area (Å²) < 4.78 is 0. The average Bonchev–Trinajstić information content (AvgIpc) is 2.46. The van der Waals surface area contributed by atoms with Crippen molar-refractivity contribution in [2.45, 2.75) is 26.3 Å². The van der Waals surface area contributed by atoms with Crippen LogP contribution in [-0.4, -0.2) is 11.1 Å². The van der Waals surface area contributed by atoms with Gasteiger partial charge in [0.1, 0.15) is 0 Å². The van der Waals surface area contributed by atoms with Crippen molar-refractivity contribution >= 4 is 23.3 Å². The van der Waals surface area contributed by atoms with E-state index in [1.807, 2.05) is 0 Å². The Kier molecular flexibility index (Phi) is 4.86. The van der Waals surface area contributed by atoms with E-state index in [2.05, 4.69) is 43.4 Å². The van der Waals surface area contributed by atoms with E-state index < -0.39 is 5.97 Å². The number of carboxylic acid groups (broad SMARTS) is 1. The Morgan fingerprint density at radius 1 is 1.19 bits per heavy atom. The lowest BCUT2D eigenvalue weighted by molar-refractivity contribution is 0.0697. The molecule has 2 aromatic rings. The summed E-state index contributed by atoms with van der Waals surface area (Å²) >= 11 is 5.85. The number of carboxylic acids is 1. The zero-order valence-corrected chi connectivity index (χ0v) is 12.8. The zero-order chi connectivity index (χ0) is 15.4. The van der Waals surface area contributed by atoms with Crippen LogP contribution in [0.5, 0.6) is 0 Å². The molecular formula is C17H18ClNO2. The normalized spacial score (nSPS) is 10.7. The van der Waals surface area contributed by atoms with Crippen molar-refractivity contribution in [2.24, 2.45) is 0 Å². The molecule has 3 nitrogen and oxygen atoms in total. The molecular weight excluding hydrogens is 286 g/mol. The topological polar surface area (TPSA) is 49.3 Å². The van der Waals surface area contributed by atoms with E-state index in [0.717, 1.165) is 11.3 Å². The van der Waals surface area contributed by atoms with E-state index in [-0.39, 0.29) is 10.6 Å². The van der Waals surface area contributed by atoms with Crippen LogP contribution in [-0.2, 0) is 6.54 Å². The largest absolute Gasteiger partial charge is 0.478 e. The summed E-state index contributed by atoms with van der Waals surface area (Å²) in [5.74, 6) is -0.508. The third-order valence-electron chi connectivity index (χ3n) is 3.34. The van der Waals surface area contributed by atoms with E-state index in [9.17, 15) is 4.79 Å². The molecule has 110 valence electrons. The summed E-state index contributed by atoms with van der Waals surface area (Å²) in [5, 5.41) is 12.5. The first-order valence-electron chi connectivity index (χ1n) is 6.83. The molecule has 0 heterocycles. The highest BCUT2D eigenvalue weighted by atomic mass is 35.5. The molecule has 0 fully saturated rings. The average molecular weight is 304 g/mol. The molecule has 0 aliphatic carbocycles. The SMILES string of the molecule is CC(C)c1ccc(CNc2ccc(Cl)c(C(=O)O)c2)cc1. The Morgan fingerprint density at radius 2 is 1.86 bits per heavy atom. The van der Waals surface area contributed by atoms with Gasteiger partial charge in [-0.05, 0) is 35.2 Å². The molecule has 2 aromatic carbocycles. The Labute approximate surface area is 129 Å². The Morgan fingerprint density at radius 3 is 2.43 bits per heavy atom. The summed E-state index contributed by atoms with van der Waals surface area (Å²) in [6.45, 7) is 4.96. The molecule has 0 radical (unpaired) electrons. The molecule has 0 aliphatic rings. The molecule has 0 bridgehead atoms. The highest BCUT2D eigenvalue weighted by Crippen LogP contribution is 2.21. The maximum Gasteiger partial charge on any atom is 0.337 e. The standard InChI is InChI=1S/C17H18ClNO2/c1-11(2)13-5-3-12(4-6-13)10-19-14-7-8-16(18)15(9-14)17(20)21/h3-9,11,19H,10H2,1-2H3,(H,20,21). The molecule has 0 unspecified atom stereocenters. The fraction of sp³-hybridized carbons (Fsp3) is 0.235. The molecule has 0 aliphatic heterocycles. The second-order valence-electron chi connectivity index (χ2n) is 5.25. The van der Waals surface area contributed by atoms with Gasteiger partial charge in [0, 0.05) is 12.2 Å². The number of benzene rings is 2. The van der Waals surface area contributed by atoms with Crippen molar-refractivity contribution in [1.82, 2.24) is 0 Å². The molecule has 0 spiro atoms. The molecule has 21 heavy (non-hydrogen) atoms. The highest BCUT2D eigenvalue weighted by Gasteiger charge is 2.09. The molecule has 2 N–H and O–H groups in total. The summed E-state index contributed by atoms with van der Waals surface area (Å²) in [7, 11) is 0. The van der Waals surface area contributed by atoms with E-state index in [1.54, 1.807) is 18.2 Å². The van der Waals surface area contributed by atoms with Gasteiger partial charge in [0.25, 0.3) is 0 Å². The second kappa shape index (κ2) is 6.64. The molecule has 0 saturated carbocycles. The van der Waals surface area contributed by atoms with Crippen molar-refractivity contribution in [3.63, 3.8) is 0 Å². The molecule has 0 amide bonds. The van der Waals surface area contributed by atoms with Crippen LogP contribution in [0.25, 0.3) is 0 Å². The van der Waals surface area contributed by atoms with Crippen LogP contribution in [0.4, 0.5) is 5.69 Å². The van der Waals surface area contributed by atoms with Crippen LogP contribution in [0.1, 0.15) is 41.3 Å². The molecule has 0 atom stereocenters. The number of rotatable bonds is 5. The van der Waals surface area contributed by atoms with Gasteiger partial charge in [0.2, 0.25) is 0 Å². The van der Waals surface area contributed by atoms with Gasteiger partial charge in [0.15, 0.2) is 0 Å². The molecule has 4 heteroatoms. The molecule has 0 aromatic heterocycles. The number of aromatic carboxylic acids is 1. The minimum absolute atomic E-state index is 0.108. The third kappa shape index (κ3) is 3.99. The molecule has 2 rings (SSSR count). The van der Waals surface area contributed by atoms with Gasteiger partial charge in [-0.15, -0.1) is 0 Å². The van der Waals surface area contributed by atoms with E-state index >= 15 is 0 Å². The summed E-state index contributed by atoms with van der Waals surface area (Å²) in [6, 6.07) is 13.3. The Hall–Kier alpha value is -2.00. The number of halogens is 1. The van der Waals surface area contributed by atoms with Crippen molar-refractivity contribution in [2.75, 3.05) is 5.32 Å². The maximum absolute atomic E-state index is 11.0. The minimum Gasteiger partial charge on any atom is -0.478 e. The number of nitrogens with one attached hydrogen (secondary N) is 1. The number of hydrogen-bond acceptors (Lipinski definition) is 2. The number of carbonyl (C=O) groups is 1. The minimum atomic E-state index is -1.02. The van der Waals surface area contributed by atoms with Crippen molar-refractivity contribution in [3.8, 4) is 0 Å². The van der Waals surface area contributed by atoms with Crippen LogP contribution in [0, 0.1) is 0 Å². The van der Waals surface area contributed by atoms with Crippen LogP contribution >= 0.6 is 11.6 Å². The van der Waals surface area contributed by atoms with E-state index in [4.69, 9.17) is 16.7 Å². The van der Waals surface area contributed by atoms with Gasteiger partial charge in [-0.3, -0.25) is 0 Å².